The summed E-state index contributed by atoms with van der Waals surface area (Å²) in [6.45, 7) is 1.83. The standard InChI is InChI=1S/C12H12N4O2S2/c13-7-9-6-10(16(17)18)8-14-11(9)20-12(19)15-4-2-1-3-5-15/h6,8H,1-5H2. The molecular formula is C12H12N4O2S2. The van der Waals surface area contributed by atoms with Crippen LogP contribution in [0.5, 0.6) is 0 Å². The van der Waals surface area contributed by atoms with Gasteiger partial charge in [0.15, 0.2) is 0 Å². The molecule has 0 aromatic carbocycles. The van der Waals surface area contributed by atoms with Gasteiger partial charge in [0, 0.05) is 19.2 Å². The SMILES string of the molecule is N#Cc1cc([N+](=O)[O-])cnc1SC(=S)N1CCCCC1. The molecule has 0 spiro atoms. The van der Waals surface area contributed by atoms with Crippen LogP contribution in [-0.4, -0.2) is 32.2 Å². The lowest BCUT2D eigenvalue weighted by molar-refractivity contribution is -0.385. The Morgan fingerprint density at radius 1 is 1.50 bits per heavy atom. The first-order valence-electron chi connectivity index (χ1n) is 6.13. The molecule has 2 rings (SSSR count). The molecule has 0 atom stereocenters. The van der Waals surface area contributed by atoms with Gasteiger partial charge in [0.2, 0.25) is 0 Å². The molecule has 0 amide bonds. The Balaban J connectivity index is 2.14. The predicted octanol–water partition coefficient (Wildman–Crippen LogP) is 2.72. The zero-order valence-corrected chi connectivity index (χ0v) is 12.2. The molecule has 1 aliphatic rings. The maximum absolute atomic E-state index is 10.7. The van der Waals surface area contributed by atoms with Crippen LogP contribution >= 0.6 is 24.0 Å². The maximum Gasteiger partial charge on any atom is 0.288 e. The monoisotopic (exact) mass is 308 g/mol. The molecule has 2 heterocycles. The number of aromatic nitrogens is 1. The predicted molar refractivity (Wildman–Crippen MR) is 79.5 cm³/mol. The molecule has 1 aliphatic heterocycles. The van der Waals surface area contributed by atoms with Gasteiger partial charge in [-0.25, -0.2) is 4.98 Å². The van der Waals surface area contributed by atoms with Crippen molar-refractivity contribution in [1.82, 2.24) is 9.88 Å². The normalized spacial score (nSPS) is 14.7. The molecule has 0 aliphatic carbocycles. The first-order chi connectivity index (χ1) is 9.61. The summed E-state index contributed by atoms with van der Waals surface area (Å²) in [6, 6.07) is 3.16. The number of likely N-dealkylation sites (tertiary alicyclic amines) is 1. The highest BCUT2D eigenvalue weighted by molar-refractivity contribution is 8.22. The van der Waals surface area contributed by atoms with Gasteiger partial charge in [0.1, 0.15) is 21.6 Å². The molecule has 20 heavy (non-hydrogen) atoms. The number of thiocarbonyl (C=S) groups is 1. The fourth-order valence-electron chi connectivity index (χ4n) is 1.93. The lowest BCUT2D eigenvalue weighted by atomic mass is 10.1. The van der Waals surface area contributed by atoms with Crippen LogP contribution in [0.3, 0.4) is 0 Å². The number of hydrogen-bond acceptors (Lipinski definition) is 6. The summed E-state index contributed by atoms with van der Waals surface area (Å²) < 4.78 is 0.669. The zero-order valence-electron chi connectivity index (χ0n) is 10.6. The highest BCUT2D eigenvalue weighted by Crippen LogP contribution is 2.27. The summed E-state index contributed by atoms with van der Waals surface area (Å²) in [7, 11) is 0. The summed E-state index contributed by atoms with van der Waals surface area (Å²) >= 11 is 6.58. The maximum atomic E-state index is 10.7. The molecule has 104 valence electrons. The van der Waals surface area contributed by atoms with Crippen LogP contribution in [0.4, 0.5) is 5.69 Å². The second kappa shape index (κ2) is 6.63. The van der Waals surface area contributed by atoms with Gasteiger partial charge in [-0.2, -0.15) is 5.26 Å². The Morgan fingerprint density at radius 2 is 2.20 bits per heavy atom. The Kier molecular flexibility index (Phi) is 4.87. The fourth-order valence-corrected chi connectivity index (χ4v) is 3.14. The Hall–Kier alpha value is -1.72. The van der Waals surface area contributed by atoms with Gasteiger partial charge in [0.25, 0.3) is 5.69 Å². The molecule has 0 N–H and O–H groups in total. The molecule has 6 nitrogen and oxygen atoms in total. The van der Waals surface area contributed by atoms with Gasteiger partial charge in [-0.05, 0) is 31.0 Å². The highest BCUT2D eigenvalue weighted by Gasteiger charge is 2.18. The summed E-state index contributed by atoms with van der Waals surface area (Å²) in [5, 5.41) is 20.2. The molecule has 1 aromatic rings. The number of nitro groups is 1. The summed E-state index contributed by atoms with van der Waals surface area (Å²) in [5.41, 5.74) is -0.00153. The zero-order chi connectivity index (χ0) is 14.5. The van der Waals surface area contributed by atoms with Gasteiger partial charge in [-0.1, -0.05) is 12.2 Å². The topological polar surface area (TPSA) is 83.1 Å². The van der Waals surface area contributed by atoms with Gasteiger partial charge in [-0.15, -0.1) is 0 Å². The Morgan fingerprint density at radius 3 is 2.80 bits per heavy atom. The van der Waals surface area contributed by atoms with Crippen molar-refractivity contribution >= 4 is 34.0 Å². The van der Waals surface area contributed by atoms with E-state index >= 15 is 0 Å². The number of thioether (sulfide) groups is 1. The van der Waals surface area contributed by atoms with E-state index in [0.717, 1.165) is 32.1 Å². The number of nitriles is 1. The summed E-state index contributed by atoms with van der Waals surface area (Å²) in [6.07, 6.45) is 4.59. The van der Waals surface area contributed by atoms with Crippen molar-refractivity contribution in [2.45, 2.75) is 24.3 Å². The molecule has 0 unspecified atom stereocenters. The van der Waals surface area contributed by atoms with E-state index in [1.54, 1.807) is 0 Å². The Bertz CT molecular complexity index is 579. The minimum absolute atomic E-state index is 0.184. The van der Waals surface area contributed by atoms with Crippen molar-refractivity contribution in [2.24, 2.45) is 0 Å². The van der Waals surface area contributed by atoms with Crippen LogP contribution in [0.25, 0.3) is 0 Å². The minimum atomic E-state index is -0.564. The second-order valence-electron chi connectivity index (χ2n) is 4.33. The van der Waals surface area contributed by atoms with E-state index < -0.39 is 4.92 Å². The molecular weight excluding hydrogens is 296 g/mol. The van der Waals surface area contributed by atoms with Crippen LogP contribution in [0, 0.1) is 21.4 Å². The van der Waals surface area contributed by atoms with Crippen LogP contribution in [-0.2, 0) is 0 Å². The van der Waals surface area contributed by atoms with E-state index in [1.807, 2.05) is 6.07 Å². The van der Waals surface area contributed by atoms with Crippen molar-refractivity contribution in [3.05, 3.63) is 27.9 Å². The number of hydrogen-bond donors (Lipinski definition) is 0. The van der Waals surface area contributed by atoms with Crippen molar-refractivity contribution in [3.8, 4) is 6.07 Å². The highest BCUT2D eigenvalue weighted by atomic mass is 32.2. The van der Waals surface area contributed by atoms with Crippen LogP contribution in [0.15, 0.2) is 17.3 Å². The largest absolute Gasteiger partial charge is 0.357 e. The van der Waals surface area contributed by atoms with E-state index in [0.29, 0.717) is 9.35 Å². The lowest BCUT2D eigenvalue weighted by Crippen LogP contribution is -2.32. The number of rotatable bonds is 2. The van der Waals surface area contributed by atoms with E-state index in [4.69, 9.17) is 17.5 Å². The summed E-state index contributed by atoms with van der Waals surface area (Å²) in [5.74, 6) is 0. The minimum Gasteiger partial charge on any atom is -0.357 e. The van der Waals surface area contributed by atoms with Crippen molar-refractivity contribution in [3.63, 3.8) is 0 Å². The van der Waals surface area contributed by atoms with E-state index in [2.05, 4.69) is 9.88 Å². The molecule has 8 heteroatoms. The quantitative estimate of drug-likeness (QED) is 0.359. The van der Waals surface area contributed by atoms with Crippen LogP contribution in [0.2, 0.25) is 0 Å². The molecule has 1 aromatic heterocycles. The first kappa shape index (κ1) is 14.7. The fraction of sp³-hybridized carbons (Fsp3) is 0.417. The van der Waals surface area contributed by atoms with E-state index in [1.165, 1.54) is 24.2 Å². The number of nitrogens with zero attached hydrogens (tertiary/aromatic N) is 4. The molecule has 1 saturated heterocycles. The third-order valence-corrected chi connectivity index (χ3v) is 4.43. The number of piperidine rings is 1. The molecule has 1 fully saturated rings. The van der Waals surface area contributed by atoms with Gasteiger partial charge in [-0.3, -0.25) is 10.1 Å². The molecule has 0 bridgehead atoms. The first-order valence-corrected chi connectivity index (χ1v) is 7.35. The van der Waals surface area contributed by atoms with Crippen molar-refractivity contribution < 1.29 is 4.92 Å². The smallest absolute Gasteiger partial charge is 0.288 e. The van der Waals surface area contributed by atoms with E-state index in [9.17, 15) is 10.1 Å². The Labute approximate surface area is 125 Å². The average Bonchev–Trinajstić information content (AvgIpc) is 2.48. The van der Waals surface area contributed by atoms with Gasteiger partial charge < -0.3 is 4.90 Å². The molecule has 0 saturated carbocycles. The van der Waals surface area contributed by atoms with Crippen LogP contribution in [0.1, 0.15) is 24.8 Å². The van der Waals surface area contributed by atoms with E-state index in [-0.39, 0.29) is 11.3 Å². The lowest BCUT2D eigenvalue weighted by Gasteiger charge is -2.28. The molecule has 0 radical (unpaired) electrons. The van der Waals surface area contributed by atoms with Crippen LogP contribution < -0.4 is 0 Å². The number of pyridine rings is 1. The van der Waals surface area contributed by atoms with Crippen molar-refractivity contribution in [1.29, 1.82) is 5.26 Å². The van der Waals surface area contributed by atoms with Gasteiger partial charge in [0.05, 0.1) is 10.5 Å². The van der Waals surface area contributed by atoms with Gasteiger partial charge >= 0.3 is 0 Å². The summed E-state index contributed by atoms with van der Waals surface area (Å²) in [4.78, 5) is 16.2. The average molecular weight is 308 g/mol. The third-order valence-electron chi connectivity index (χ3n) is 2.97. The van der Waals surface area contributed by atoms with Crippen molar-refractivity contribution in [2.75, 3.05) is 13.1 Å². The second-order valence-corrected chi connectivity index (χ2v) is 5.95. The third kappa shape index (κ3) is 3.43.